The molecular weight excluding hydrogens is 244 g/mol. The molecule has 0 atom stereocenters. The Morgan fingerprint density at radius 3 is 2.89 bits per heavy atom. The molecule has 0 spiro atoms. The van der Waals surface area contributed by atoms with Crippen LogP contribution in [0.2, 0.25) is 0 Å². The van der Waals surface area contributed by atoms with Gasteiger partial charge in [0, 0.05) is 5.69 Å². The van der Waals surface area contributed by atoms with Gasteiger partial charge >= 0.3 is 0 Å². The van der Waals surface area contributed by atoms with Crippen LogP contribution in [0, 0.1) is 6.92 Å². The summed E-state index contributed by atoms with van der Waals surface area (Å²) >= 11 is 0. The highest BCUT2D eigenvalue weighted by Crippen LogP contribution is 2.33. The van der Waals surface area contributed by atoms with Crippen molar-refractivity contribution in [3.8, 4) is 5.69 Å². The maximum atomic E-state index is 11.9. The van der Waals surface area contributed by atoms with Crippen LogP contribution in [0.25, 0.3) is 5.69 Å². The number of anilines is 1. The van der Waals surface area contributed by atoms with Gasteiger partial charge in [-0.1, -0.05) is 6.07 Å². The number of nitrogens with two attached hydrogens (primary N) is 1. The third-order valence-corrected chi connectivity index (χ3v) is 3.21. The topological polar surface area (TPSA) is 98.7 Å². The number of nitrogens with one attached hydrogen (secondary N) is 1. The average Bonchev–Trinajstić information content (AvgIpc) is 3.00. The van der Waals surface area contributed by atoms with E-state index in [-0.39, 0.29) is 5.91 Å². The first-order chi connectivity index (χ1) is 9.08. The molecule has 1 aliphatic carbocycles. The van der Waals surface area contributed by atoms with Gasteiger partial charge in [-0.05, 0) is 48.4 Å². The molecule has 19 heavy (non-hydrogen) atoms. The molecule has 1 aromatic heterocycles. The van der Waals surface area contributed by atoms with Crippen LogP contribution in [-0.2, 0) is 4.79 Å². The van der Waals surface area contributed by atoms with Crippen LogP contribution in [0.5, 0.6) is 0 Å². The van der Waals surface area contributed by atoms with Crippen molar-refractivity contribution in [1.29, 1.82) is 0 Å². The van der Waals surface area contributed by atoms with E-state index in [0.717, 1.165) is 18.5 Å². The molecule has 1 fully saturated rings. The first-order valence-electron chi connectivity index (χ1n) is 6.04. The van der Waals surface area contributed by atoms with E-state index in [0.29, 0.717) is 11.5 Å². The van der Waals surface area contributed by atoms with Crippen LogP contribution in [0.4, 0.5) is 5.69 Å². The molecular formula is C12H14N6O. The summed E-state index contributed by atoms with van der Waals surface area (Å²) in [6, 6.07) is 7.33. The summed E-state index contributed by atoms with van der Waals surface area (Å²) in [7, 11) is 0. The third-order valence-electron chi connectivity index (χ3n) is 3.21. The SMILES string of the molecule is Cc1nnnn1-c1cccc(NC(=O)C2(N)CC2)c1. The van der Waals surface area contributed by atoms with Crippen LogP contribution >= 0.6 is 0 Å². The lowest BCUT2D eigenvalue weighted by atomic mass is 10.2. The second-order valence-electron chi connectivity index (χ2n) is 4.80. The number of nitrogens with zero attached hydrogens (tertiary/aromatic N) is 4. The van der Waals surface area contributed by atoms with Gasteiger partial charge in [-0.3, -0.25) is 4.79 Å². The number of aromatic nitrogens is 4. The highest BCUT2D eigenvalue weighted by Gasteiger charge is 2.45. The lowest BCUT2D eigenvalue weighted by molar-refractivity contribution is -0.118. The standard InChI is InChI=1S/C12H14N6O/c1-8-15-16-17-18(8)10-4-2-3-9(7-10)14-11(19)12(13)5-6-12/h2-4,7H,5-6,13H2,1H3,(H,14,19). The average molecular weight is 258 g/mol. The molecule has 3 rings (SSSR count). The van der Waals surface area contributed by atoms with Crippen molar-refractivity contribution in [1.82, 2.24) is 20.2 Å². The van der Waals surface area contributed by atoms with Crippen molar-refractivity contribution in [2.45, 2.75) is 25.3 Å². The number of carbonyl (C=O) groups excluding carboxylic acids is 1. The van der Waals surface area contributed by atoms with E-state index in [2.05, 4.69) is 20.8 Å². The number of tetrazole rings is 1. The monoisotopic (exact) mass is 258 g/mol. The summed E-state index contributed by atoms with van der Waals surface area (Å²) in [6.07, 6.45) is 1.48. The Kier molecular flexibility index (Phi) is 2.56. The van der Waals surface area contributed by atoms with Crippen molar-refractivity contribution < 1.29 is 4.79 Å². The van der Waals surface area contributed by atoms with Gasteiger partial charge in [-0.15, -0.1) is 5.10 Å². The first-order valence-corrected chi connectivity index (χ1v) is 6.04. The van der Waals surface area contributed by atoms with Crippen LogP contribution in [0.3, 0.4) is 0 Å². The maximum Gasteiger partial charge on any atom is 0.244 e. The molecule has 1 heterocycles. The molecule has 0 bridgehead atoms. The number of carbonyl (C=O) groups is 1. The van der Waals surface area contributed by atoms with Gasteiger partial charge in [-0.25, -0.2) is 0 Å². The first kappa shape index (κ1) is 11.8. The second kappa shape index (κ2) is 4.13. The van der Waals surface area contributed by atoms with E-state index < -0.39 is 5.54 Å². The molecule has 98 valence electrons. The zero-order chi connectivity index (χ0) is 13.5. The van der Waals surface area contributed by atoms with Gasteiger partial charge in [0.2, 0.25) is 5.91 Å². The predicted octanol–water partition coefficient (Wildman–Crippen LogP) is 0.401. The van der Waals surface area contributed by atoms with Crippen LogP contribution in [0.15, 0.2) is 24.3 Å². The number of aryl methyl sites for hydroxylation is 1. The lowest BCUT2D eigenvalue weighted by Crippen LogP contribution is -2.37. The van der Waals surface area contributed by atoms with E-state index >= 15 is 0 Å². The van der Waals surface area contributed by atoms with Gasteiger partial charge in [0.25, 0.3) is 0 Å². The lowest BCUT2D eigenvalue weighted by Gasteiger charge is -2.11. The largest absolute Gasteiger partial charge is 0.324 e. The Morgan fingerprint density at radius 1 is 1.47 bits per heavy atom. The summed E-state index contributed by atoms with van der Waals surface area (Å²) in [5.74, 6) is 0.541. The van der Waals surface area contributed by atoms with E-state index in [1.165, 1.54) is 0 Å². The molecule has 0 aliphatic heterocycles. The molecule has 0 radical (unpaired) electrons. The number of hydrogen-bond acceptors (Lipinski definition) is 5. The number of benzene rings is 1. The molecule has 1 aromatic carbocycles. The minimum atomic E-state index is -0.680. The fourth-order valence-corrected chi connectivity index (χ4v) is 1.80. The highest BCUT2D eigenvalue weighted by atomic mass is 16.2. The van der Waals surface area contributed by atoms with Crippen molar-refractivity contribution in [2.24, 2.45) is 5.73 Å². The molecule has 7 heteroatoms. The van der Waals surface area contributed by atoms with Gasteiger partial charge in [0.15, 0.2) is 5.82 Å². The Hall–Kier alpha value is -2.28. The number of amides is 1. The van der Waals surface area contributed by atoms with Crippen molar-refractivity contribution in [3.05, 3.63) is 30.1 Å². The summed E-state index contributed by atoms with van der Waals surface area (Å²) in [5.41, 5.74) is 6.65. The van der Waals surface area contributed by atoms with E-state index in [1.54, 1.807) is 4.68 Å². The van der Waals surface area contributed by atoms with E-state index in [1.807, 2.05) is 31.2 Å². The summed E-state index contributed by atoms with van der Waals surface area (Å²) in [6.45, 7) is 1.81. The minimum absolute atomic E-state index is 0.141. The third kappa shape index (κ3) is 2.19. The maximum absolute atomic E-state index is 11.9. The molecule has 7 nitrogen and oxygen atoms in total. The van der Waals surface area contributed by atoms with Gasteiger partial charge in [-0.2, -0.15) is 4.68 Å². The van der Waals surface area contributed by atoms with Crippen molar-refractivity contribution in [2.75, 3.05) is 5.32 Å². The Labute approximate surface area is 109 Å². The van der Waals surface area contributed by atoms with Crippen LogP contribution in [0.1, 0.15) is 18.7 Å². The Bertz CT molecular complexity index is 631. The second-order valence-corrected chi connectivity index (χ2v) is 4.80. The zero-order valence-electron chi connectivity index (χ0n) is 10.5. The molecule has 1 saturated carbocycles. The molecule has 1 amide bonds. The smallest absolute Gasteiger partial charge is 0.244 e. The predicted molar refractivity (Wildman–Crippen MR) is 68.7 cm³/mol. The quantitative estimate of drug-likeness (QED) is 0.830. The van der Waals surface area contributed by atoms with E-state index in [4.69, 9.17) is 5.73 Å². The summed E-state index contributed by atoms with van der Waals surface area (Å²) < 4.78 is 1.60. The Balaban J connectivity index is 1.84. The van der Waals surface area contributed by atoms with Gasteiger partial charge in [0.1, 0.15) is 0 Å². The molecule has 3 N–H and O–H groups in total. The van der Waals surface area contributed by atoms with Crippen molar-refractivity contribution in [3.63, 3.8) is 0 Å². The van der Waals surface area contributed by atoms with Crippen LogP contribution < -0.4 is 11.1 Å². The fraction of sp³-hybridized carbons (Fsp3) is 0.333. The number of hydrogen-bond donors (Lipinski definition) is 2. The molecule has 1 aliphatic rings. The molecule has 0 unspecified atom stereocenters. The number of rotatable bonds is 3. The molecule has 0 saturated heterocycles. The molecule has 2 aromatic rings. The highest BCUT2D eigenvalue weighted by molar-refractivity contribution is 6.00. The normalized spacial score (nSPS) is 16.1. The fourth-order valence-electron chi connectivity index (χ4n) is 1.80. The summed E-state index contributed by atoms with van der Waals surface area (Å²) in [5, 5.41) is 14.1. The summed E-state index contributed by atoms with van der Waals surface area (Å²) in [4.78, 5) is 11.9. The van der Waals surface area contributed by atoms with E-state index in [9.17, 15) is 4.79 Å². The van der Waals surface area contributed by atoms with Crippen LogP contribution in [-0.4, -0.2) is 31.7 Å². The minimum Gasteiger partial charge on any atom is -0.324 e. The Morgan fingerprint density at radius 2 is 2.26 bits per heavy atom. The van der Waals surface area contributed by atoms with Gasteiger partial charge in [0.05, 0.1) is 11.2 Å². The van der Waals surface area contributed by atoms with Crippen molar-refractivity contribution >= 4 is 11.6 Å². The zero-order valence-corrected chi connectivity index (χ0v) is 10.5. The van der Waals surface area contributed by atoms with Gasteiger partial charge < -0.3 is 11.1 Å².